The molecule has 6 nitrogen and oxygen atoms in total. The Kier molecular flexibility index (Phi) is 5.58. The van der Waals surface area contributed by atoms with E-state index >= 15 is 0 Å². The molecule has 0 aliphatic rings. The summed E-state index contributed by atoms with van der Waals surface area (Å²) in [4.78, 5) is 23.0. The molecule has 0 spiro atoms. The Bertz CT molecular complexity index is 915. The van der Waals surface area contributed by atoms with Gasteiger partial charge in [-0.1, -0.05) is 24.3 Å². The maximum atomic E-state index is 12.6. The average molecular weight is 362 g/mol. The number of carbonyl (C=O) groups excluding carboxylic acids is 2. The van der Waals surface area contributed by atoms with Gasteiger partial charge in [-0.2, -0.15) is 8.42 Å². The third kappa shape index (κ3) is 4.67. The molecule has 7 heteroatoms. The highest BCUT2D eigenvalue weighted by Crippen LogP contribution is 2.25. The van der Waals surface area contributed by atoms with Gasteiger partial charge in [0.15, 0.2) is 11.5 Å². The first-order chi connectivity index (χ1) is 11.7. The van der Waals surface area contributed by atoms with Crippen LogP contribution < -0.4 is 4.18 Å². The van der Waals surface area contributed by atoms with Gasteiger partial charge in [0.2, 0.25) is 0 Å². The second-order valence-electron chi connectivity index (χ2n) is 5.58. The molecule has 0 fully saturated rings. The van der Waals surface area contributed by atoms with E-state index in [9.17, 15) is 18.0 Å². The van der Waals surface area contributed by atoms with Crippen molar-refractivity contribution >= 4 is 21.9 Å². The molecule has 2 aromatic rings. The fourth-order valence-electron chi connectivity index (χ4n) is 2.09. The number of hydrogen-bond acceptors (Lipinski definition) is 6. The number of Topliss-reactive ketones (excluding diaryl/α,β-unsaturated/α-hetero) is 1. The molecule has 25 heavy (non-hydrogen) atoms. The van der Waals surface area contributed by atoms with Gasteiger partial charge >= 0.3 is 16.1 Å². The Balaban J connectivity index is 2.35. The molecular weight excluding hydrogens is 344 g/mol. The summed E-state index contributed by atoms with van der Waals surface area (Å²) >= 11 is 0. The molecule has 0 saturated carbocycles. The predicted octanol–water partition coefficient (Wildman–Crippen LogP) is 2.82. The first-order valence-corrected chi connectivity index (χ1v) is 8.89. The van der Waals surface area contributed by atoms with Crippen molar-refractivity contribution in [3.63, 3.8) is 0 Å². The number of benzene rings is 2. The maximum Gasteiger partial charge on any atom is 0.342 e. The third-order valence-electron chi connectivity index (χ3n) is 3.33. The topological polar surface area (TPSA) is 86.7 Å². The number of rotatable bonds is 6. The van der Waals surface area contributed by atoms with Gasteiger partial charge in [-0.05, 0) is 50.1 Å². The van der Waals surface area contributed by atoms with Crippen LogP contribution in [0.15, 0.2) is 47.4 Å². The van der Waals surface area contributed by atoms with E-state index in [1.165, 1.54) is 31.2 Å². The van der Waals surface area contributed by atoms with Crippen LogP contribution in [0, 0.1) is 13.8 Å². The molecule has 0 aliphatic heterocycles. The molecular formula is C18H18O6S. The van der Waals surface area contributed by atoms with Gasteiger partial charge in [-0.3, -0.25) is 4.79 Å². The minimum atomic E-state index is -4.13. The lowest BCUT2D eigenvalue weighted by Gasteiger charge is -2.12. The zero-order valence-corrected chi connectivity index (χ0v) is 14.9. The standard InChI is InChI=1S/C18H18O6S/c1-12-8-9-13(2)17(10-12)25(21,22)24-16-7-5-4-6-15(16)18(20)23-11-14(3)19/h4-10H,11H2,1-3H3. The second-order valence-corrected chi connectivity index (χ2v) is 7.10. The van der Waals surface area contributed by atoms with E-state index in [0.29, 0.717) is 5.56 Å². The highest BCUT2D eigenvalue weighted by Gasteiger charge is 2.23. The number of aryl methyl sites for hydroxylation is 2. The molecule has 0 aliphatic carbocycles. The van der Waals surface area contributed by atoms with Gasteiger partial charge in [0, 0.05) is 0 Å². The van der Waals surface area contributed by atoms with Crippen LogP contribution in [0.3, 0.4) is 0 Å². The quantitative estimate of drug-likeness (QED) is 0.580. The molecule has 0 atom stereocenters. The molecule has 0 aromatic heterocycles. The summed E-state index contributed by atoms with van der Waals surface area (Å²) in [7, 11) is -4.13. The monoisotopic (exact) mass is 362 g/mol. The van der Waals surface area contributed by atoms with Gasteiger partial charge in [-0.25, -0.2) is 4.79 Å². The lowest BCUT2D eigenvalue weighted by molar-refractivity contribution is -0.120. The molecule has 2 aromatic carbocycles. The molecule has 0 radical (unpaired) electrons. The zero-order chi connectivity index (χ0) is 18.6. The van der Waals surface area contributed by atoms with E-state index in [1.54, 1.807) is 32.0 Å². The number of ether oxygens (including phenoxy) is 1. The third-order valence-corrected chi connectivity index (χ3v) is 4.70. The van der Waals surface area contributed by atoms with Crippen LogP contribution >= 0.6 is 0 Å². The fourth-order valence-corrected chi connectivity index (χ4v) is 3.36. The smallest absolute Gasteiger partial charge is 0.342 e. The van der Waals surface area contributed by atoms with E-state index in [1.807, 2.05) is 0 Å². The van der Waals surface area contributed by atoms with Crippen molar-refractivity contribution in [2.75, 3.05) is 6.61 Å². The lowest BCUT2D eigenvalue weighted by Crippen LogP contribution is -2.16. The fraction of sp³-hybridized carbons (Fsp3) is 0.222. The van der Waals surface area contributed by atoms with Gasteiger partial charge < -0.3 is 8.92 Å². The Labute approximate surface area is 146 Å². The molecule has 0 N–H and O–H groups in total. The van der Waals surface area contributed by atoms with Crippen molar-refractivity contribution < 1.29 is 26.9 Å². The zero-order valence-electron chi connectivity index (χ0n) is 14.1. The normalized spacial score (nSPS) is 11.0. The molecule has 132 valence electrons. The van der Waals surface area contributed by atoms with Gasteiger partial charge in [0.05, 0.1) is 0 Å². The predicted molar refractivity (Wildman–Crippen MR) is 91.1 cm³/mol. The van der Waals surface area contributed by atoms with Gasteiger partial charge in [0.1, 0.15) is 17.1 Å². The van der Waals surface area contributed by atoms with E-state index < -0.39 is 22.7 Å². The Morgan fingerprint density at radius 1 is 1.04 bits per heavy atom. The minimum Gasteiger partial charge on any atom is -0.454 e. The summed E-state index contributed by atoms with van der Waals surface area (Å²) < 4.78 is 35.2. The van der Waals surface area contributed by atoms with E-state index in [2.05, 4.69) is 0 Å². The summed E-state index contributed by atoms with van der Waals surface area (Å²) in [6.45, 7) is 4.31. The Morgan fingerprint density at radius 3 is 2.40 bits per heavy atom. The minimum absolute atomic E-state index is 0.0272. The summed E-state index contributed by atoms with van der Waals surface area (Å²) in [5.74, 6) is -1.31. The molecule has 0 amide bonds. The molecule has 2 rings (SSSR count). The van der Waals surface area contributed by atoms with Crippen molar-refractivity contribution in [2.24, 2.45) is 0 Å². The van der Waals surface area contributed by atoms with Crippen LogP contribution in [0.4, 0.5) is 0 Å². The number of hydrogen-bond donors (Lipinski definition) is 0. The SMILES string of the molecule is CC(=O)COC(=O)c1ccccc1OS(=O)(=O)c1cc(C)ccc1C. The Hall–Kier alpha value is -2.67. The summed E-state index contributed by atoms with van der Waals surface area (Å²) in [5.41, 5.74) is 1.22. The van der Waals surface area contributed by atoms with Crippen LogP contribution in [0.25, 0.3) is 0 Å². The average Bonchev–Trinajstić information content (AvgIpc) is 2.55. The molecule has 0 unspecified atom stereocenters. The molecule has 0 heterocycles. The van der Waals surface area contributed by atoms with Gasteiger partial charge in [0.25, 0.3) is 0 Å². The van der Waals surface area contributed by atoms with Crippen molar-refractivity contribution in [2.45, 2.75) is 25.7 Å². The highest BCUT2D eigenvalue weighted by atomic mass is 32.2. The summed E-state index contributed by atoms with van der Waals surface area (Å²) in [5, 5.41) is 0. The van der Waals surface area contributed by atoms with E-state index in [-0.39, 0.29) is 22.0 Å². The van der Waals surface area contributed by atoms with E-state index in [0.717, 1.165) is 5.56 Å². The summed E-state index contributed by atoms with van der Waals surface area (Å²) in [6, 6.07) is 10.8. The number of carbonyl (C=O) groups is 2. The van der Waals surface area contributed by atoms with Crippen LogP contribution in [-0.2, 0) is 19.6 Å². The van der Waals surface area contributed by atoms with Gasteiger partial charge in [-0.15, -0.1) is 0 Å². The van der Waals surface area contributed by atoms with Crippen LogP contribution in [-0.4, -0.2) is 26.8 Å². The number of para-hydroxylation sites is 1. The molecule has 0 saturated heterocycles. The number of esters is 1. The van der Waals surface area contributed by atoms with Crippen LogP contribution in [0.2, 0.25) is 0 Å². The van der Waals surface area contributed by atoms with Crippen molar-refractivity contribution in [1.82, 2.24) is 0 Å². The van der Waals surface area contributed by atoms with Crippen LogP contribution in [0.1, 0.15) is 28.4 Å². The Morgan fingerprint density at radius 2 is 1.72 bits per heavy atom. The lowest BCUT2D eigenvalue weighted by atomic mass is 10.2. The molecule has 0 bridgehead atoms. The largest absolute Gasteiger partial charge is 0.454 e. The first kappa shape index (κ1) is 18.7. The van der Waals surface area contributed by atoms with Crippen molar-refractivity contribution in [1.29, 1.82) is 0 Å². The highest BCUT2D eigenvalue weighted by molar-refractivity contribution is 7.87. The van der Waals surface area contributed by atoms with Crippen LogP contribution in [0.5, 0.6) is 5.75 Å². The summed E-state index contributed by atoms with van der Waals surface area (Å²) in [6.07, 6.45) is 0. The van der Waals surface area contributed by atoms with Crippen molar-refractivity contribution in [3.05, 3.63) is 59.2 Å². The second kappa shape index (κ2) is 7.48. The van der Waals surface area contributed by atoms with Crippen molar-refractivity contribution in [3.8, 4) is 5.75 Å². The van der Waals surface area contributed by atoms with E-state index in [4.69, 9.17) is 8.92 Å². The first-order valence-electron chi connectivity index (χ1n) is 7.48. The number of ketones is 1. The maximum absolute atomic E-state index is 12.6.